The Labute approximate surface area is 141 Å². The molecule has 128 valence electrons. The molecule has 2 aliphatic rings. The summed E-state index contributed by atoms with van der Waals surface area (Å²) in [6.07, 6.45) is 9.87. The number of nitrogens with zero attached hydrogens (tertiary/aromatic N) is 1. The van der Waals surface area contributed by atoms with Crippen molar-refractivity contribution in [2.75, 3.05) is 6.61 Å². The highest BCUT2D eigenvalue weighted by molar-refractivity contribution is 7.09. The molecule has 0 saturated heterocycles. The third kappa shape index (κ3) is 4.04. The monoisotopic (exact) mass is 337 g/mol. The van der Waals surface area contributed by atoms with Crippen LogP contribution in [-0.4, -0.2) is 28.3 Å². The quantitative estimate of drug-likeness (QED) is 0.746. The van der Waals surface area contributed by atoms with Gasteiger partial charge in [-0.05, 0) is 44.4 Å². The van der Waals surface area contributed by atoms with E-state index in [0.717, 1.165) is 30.7 Å². The lowest BCUT2D eigenvalue weighted by Crippen LogP contribution is -2.57. The molecule has 2 amide bonds. The Morgan fingerprint density at radius 2 is 2.13 bits per heavy atom. The summed E-state index contributed by atoms with van der Waals surface area (Å²) in [6.45, 7) is 1.95. The first-order chi connectivity index (χ1) is 11.1. The minimum Gasteiger partial charge on any atom is -0.394 e. The maximum atomic E-state index is 12.5. The molecule has 0 aromatic carbocycles. The van der Waals surface area contributed by atoms with E-state index in [-0.39, 0.29) is 18.7 Å². The first-order valence-electron chi connectivity index (χ1n) is 8.71. The molecule has 2 fully saturated rings. The van der Waals surface area contributed by atoms with E-state index in [1.54, 1.807) is 17.5 Å². The fourth-order valence-corrected chi connectivity index (χ4v) is 4.43. The van der Waals surface area contributed by atoms with Crippen molar-refractivity contribution in [2.45, 2.75) is 63.5 Å². The van der Waals surface area contributed by atoms with E-state index in [1.807, 2.05) is 12.3 Å². The summed E-state index contributed by atoms with van der Waals surface area (Å²) >= 11 is 1.59. The lowest BCUT2D eigenvalue weighted by Gasteiger charge is -2.39. The summed E-state index contributed by atoms with van der Waals surface area (Å²) < 4.78 is 0. The van der Waals surface area contributed by atoms with Crippen molar-refractivity contribution in [1.29, 1.82) is 0 Å². The number of thiazole rings is 1. The molecule has 1 aromatic heterocycles. The highest BCUT2D eigenvalue weighted by Gasteiger charge is 2.39. The standard InChI is InChI=1S/C17H27N3O2S/c1-17(11-21,13-5-3-2-4-6-13)20-16(22)19-14(12-7-8-12)15-18-9-10-23-15/h9-10,12-14,21H,2-8,11H2,1H3,(H2,19,20,22)/t14-,17+/m0/s1. The highest BCUT2D eigenvalue weighted by atomic mass is 32.1. The van der Waals surface area contributed by atoms with E-state index in [1.165, 1.54) is 19.3 Å². The molecule has 0 spiro atoms. The fourth-order valence-electron chi connectivity index (χ4n) is 3.65. The Bertz CT molecular complexity index is 512. The number of amides is 2. The molecule has 6 heteroatoms. The molecule has 0 aliphatic heterocycles. The predicted octanol–water partition coefficient (Wildman–Crippen LogP) is 3.22. The maximum absolute atomic E-state index is 12.5. The first-order valence-corrected chi connectivity index (χ1v) is 9.59. The van der Waals surface area contributed by atoms with Crippen molar-refractivity contribution in [3.05, 3.63) is 16.6 Å². The molecule has 0 unspecified atom stereocenters. The summed E-state index contributed by atoms with van der Waals surface area (Å²) in [5.74, 6) is 0.855. The van der Waals surface area contributed by atoms with Gasteiger partial charge in [-0.25, -0.2) is 9.78 Å². The van der Waals surface area contributed by atoms with Gasteiger partial charge >= 0.3 is 6.03 Å². The SMILES string of the molecule is C[C@](CO)(NC(=O)N[C@H](c1nccs1)C1CC1)C1CCCCC1. The largest absolute Gasteiger partial charge is 0.394 e. The van der Waals surface area contributed by atoms with Gasteiger partial charge < -0.3 is 15.7 Å². The average molecular weight is 337 g/mol. The number of rotatable bonds is 6. The number of aliphatic hydroxyl groups excluding tert-OH is 1. The van der Waals surface area contributed by atoms with Crippen molar-refractivity contribution >= 4 is 17.4 Å². The smallest absolute Gasteiger partial charge is 0.315 e. The molecule has 2 aliphatic carbocycles. The predicted molar refractivity (Wildman–Crippen MR) is 91.3 cm³/mol. The molecule has 2 atom stereocenters. The van der Waals surface area contributed by atoms with E-state index in [4.69, 9.17) is 0 Å². The van der Waals surface area contributed by atoms with E-state index in [2.05, 4.69) is 15.6 Å². The summed E-state index contributed by atoms with van der Waals surface area (Å²) in [5.41, 5.74) is -0.540. The van der Waals surface area contributed by atoms with Crippen molar-refractivity contribution in [2.24, 2.45) is 11.8 Å². The molecule has 1 heterocycles. The minimum absolute atomic E-state index is 0.00398. The molecule has 23 heavy (non-hydrogen) atoms. The van der Waals surface area contributed by atoms with Crippen LogP contribution in [-0.2, 0) is 0 Å². The van der Waals surface area contributed by atoms with Crippen LogP contribution in [0.4, 0.5) is 4.79 Å². The van der Waals surface area contributed by atoms with E-state index < -0.39 is 5.54 Å². The normalized spacial score (nSPS) is 23.0. The zero-order valence-corrected chi connectivity index (χ0v) is 14.6. The molecular weight excluding hydrogens is 310 g/mol. The minimum atomic E-state index is -0.540. The average Bonchev–Trinajstić information content (AvgIpc) is 3.27. The Morgan fingerprint density at radius 1 is 1.39 bits per heavy atom. The zero-order chi connectivity index (χ0) is 16.3. The first kappa shape index (κ1) is 16.7. The molecule has 3 N–H and O–H groups in total. The zero-order valence-electron chi connectivity index (χ0n) is 13.8. The lowest BCUT2D eigenvalue weighted by molar-refractivity contribution is 0.100. The number of carbonyl (C=O) groups is 1. The third-order valence-corrected chi connectivity index (χ3v) is 6.19. The van der Waals surface area contributed by atoms with Gasteiger partial charge in [-0.15, -0.1) is 11.3 Å². The summed E-state index contributed by atoms with van der Waals surface area (Å²) in [4.78, 5) is 16.9. The van der Waals surface area contributed by atoms with Crippen LogP contribution in [0.5, 0.6) is 0 Å². The summed E-state index contributed by atoms with van der Waals surface area (Å²) in [5, 5.41) is 19.0. The van der Waals surface area contributed by atoms with Gasteiger partial charge in [-0.1, -0.05) is 19.3 Å². The van der Waals surface area contributed by atoms with Gasteiger partial charge in [0, 0.05) is 11.6 Å². The van der Waals surface area contributed by atoms with Crippen LogP contribution >= 0.6 is 11.3 Å². The molecule has 1 aromatic rings. The molecule has 5 nitrogen and oxygen atoms in total. The molecule has 2 saturated carbocycles. The lowest BCUT2D eigenvalue weighted by atomic mass is 9.76. The molecule has 0 bridgehead atoms. The van der Waals surface area contributed by atoms with Crippen LogP contribution < -0.4 is 10.6 Å². The number of aliphatic hydroxyl groups is 1. The van der Waals surface area contributed by atoms with Crippen molar-refractivity contribution in [3.63, 3.8) is 0 Å². The molecular formula is C17H27N3O2S. The number of urea groups is 1. The topological polar surface area (TPSA) is 74.2 Å². The van der Waals surface area contributed by atoms with Crippen LogP contribution in [0.3, 0.4) is 0 Å². The Morgan fingerprint density at radius 3 is 2.70 bits per heavy atom. The van der Waals surface area contributed by atoms with Crippen molar-refractivity contribution < 1.29 is 9.90 Å². The van der Waals surface area contributed by atoms with E-state index in [0.29, 0.717) is 11.8 Å². The van der Waals surface area contributed by atoms with Gasteiger partial charge in [0.05, 0.1) is 18.2 Å². The van der Waals surface area contributed by atoms with Gasteiger partial charge in [-0.2, -0.15) is 0 Å². The van der Waals surface area contributed by atoms with Crippen LogP contribution in [0, 0.1) is 11.8 Å². The van der Waals surface area contributed by atoms with Crippen molar-refractivity contribution in [1.82, 2.24) is 15.6 Å². The Kier molecular flexibility index (Phi) is 5.21. The summed E-state index contributed by atoms with van der Waals surface area (Å²) in [6, 6.07) is -0.177. The number of aromatic nitrogens is 1. The second-order valence-electron chi connectivity index (χ2n) is 7.19. The van der Waals surface area contributed by atoms with Crippen LogP contribution in [0.25, 0.3) is 0 Å². The van der Waals surface area contributed by atoms with Gasteiger partial charge in [0.25, 0.3) is 0 Å². The number of hydrogen-bond donors (Lipinski definition) is 3. The van der Waals surface area contributed by atoms with Crippen LogP contribution in [0.1, 0.15) is 62.9 Å². The van der Waals surface area contributed by atoms with E-state index in [9.17, 15) is 9.90 Å². The maximum Gasteiger partial charge on any atom is 0.315 e. The highest BCUT2D eigenvalue weighted by Crippen LogP contribution is 2.41. The third-order valence-electron chi connectivity index (χ3n) is 5.33. The summed E-state index contributed by atoms with van der Waals surface area (Å²) in [7, 11) is 0. The van der Waals surface area contributed by atoms with Gasteiger partial charge in [0.1, 0.15) is 5.01 Å². The molecule has 3 rings (SSSR count). The van der Waals surface area contributed by atoms with Crippen molar-refractivity contribution in [3.8, 4) is 0 Å². The van der Waals surface area contributed by atoms with Crippen LogP contribution in [0.2, 0.25) is 0 Å². The van der Waals surface area contributed by atoms with Crippen LogP contribution in [0.15, 0.2) is 11.6 Å². The van der Waals surface area contributed by atoms with Gasteiger partial charge in [-0.3, -0.25) is 0 Å². The van der Waals surface area contributed by atoms with Gasteiger partial charge in [0.15, 0.2) is 0 Å². The number of nitrogens with one attached hydrogen (secondary N) is 2. The fraction of sp³-hybridized carbons (Fsp3) is 0.765. The second-order valence-corrected chi connectivity index (χ2v) is 8.12. The molecule has 0 radical (unpaired) electrons. The van der Waals surface area contributed by atoms with E-state index >= 15 is 0 Å². The van der Waals surface area contributed by atoms with Gasteiger partial charge in [0.2, 0.25) is 0 Å². The second kappa shape index (κ2) is 7.18. The number of carbonyl (C=O) groups excluding carboxylic acids is 1. The Balaban J connectivity index is 1.62. The number of hydrogen-bond acceptors (Lipinski definition) is 4. The Hall–Kier alpha value is -1.14.